The van der Waals surface area contributed by atoms with Gasteiger partial charge < -0.3 is 19.9 Å². The van der Waals surface area contributed by atoms with E-state index in [1.54, 1.807) is 12.3 Å². The minimum atomic E-state index is -3.10. The Kier molecular flexibility index (Phi) is 10.1. The van der Waals surface area contributed by atoms with Crippen LogP contribution in [0.2, 0.25) is 5.02 Å². The van der Waals surface area contributed by atoms with Crippen molar-refractivity contribution in [1.82, 2.24) is 34.2 Å². The Labute approximate surface area is 258 Å². The predicted octanol–water partition coefficient (Wildman–Crippen LogP) is 5.21. The SMILES string of the molecule is CCCCCN(C)C1CCN(C(=O)Cn2cc(NC(=O)c3cnn4cccnc34)c(-c3cc(Cl)ccc3OC(F)F)n2)CC1. The molecule has 44 heavy (non-hydrogen) atoms. The van der Waals surface area contributed by atoms with Crippen molar-refractivity contribution in [3.05, 3.63) is 59.6 Å². The molecule has 11 nitrogen and oxygen atoms in total. The van der Waals surface area contributed by atoms with E-state index in [1.165, 1.54) is 58.8 Å². The van der Waals surface area contributed by atoms with Crippen molar-refractivity contribution in [2.75, 3.05) is 32.0 Å². The number of hydrogen-bond acceptors (Lipinski definition) is 7. The number of aromatic nitrogens is 5. The molecule has 4 heterocycles. The number of ether oxygens (including phenoxy) is 1. The molecule has 1 aliphatic heterocycles. The highest BCUT2D eigenvalue weighted by Gasteiger charge is 2.27. The molecule has 0 atom stereocenters. The number of carbonyl (C=O) groups excluding carboxylic acids is 2. The minimum absolute atomic E-state index is 0.107. The van der Waals surface area contributed by atoms with Gasteiger partial charge in [0.2, 0.25) is 5.91 Å². The maximum absolute atomic E-state index is 13.4. The number of benzene rings is 1. The fourth-order valence-corrected chi connectivity index (χ4v) is 5.62. The van der Waals surface area contributed by atoms with Gasteiger partial charge in [0.15, 0.2) is 5.65 Å². The number of likely N-dealkylation sites (tertiary alicyclic amines) is 1. The summed E-state index contributed by atoms with van der Waals surface area (Å²) in [6, 6.07) is 6.25. The van der Waals surface area contributed by atoms with Crippen LogP contribution in [0.25, 0.3) is 16.9 Å². The van der Waals surface area contributed by atoms with Crippen molar-refractivity contribution < 1.29 is 23.1 Å². The standard InChI is InChI=1S/C30H35ClF2N8O3/c1-3-4-5-12-38(2)21-9-14-39(15-10-21)26(42)19-40-18-24(36-29(43)23-17-35-41-13-6-11-34-28(23)41)27(37-40)22-16-20(31)7-8-25(22)44-30(32)33/h6-8,11,13,16-18,21,30H,3-5,9-10,12,14-15,19H2,1-2H3,(H,36,43). The van der Waals surface area contributed by atoms with Gasteiger partial charge in [-0.3, -0.25) is 14.3 Å². The second-order valence-corrected chi connectivity index (χ2v) is 11.2. The molecule has 0 aliphatic carbocycles. The van der Waals surface area contributed by atoms with Crippen molar-refractivity contribution in [2.45, 2.75) is 58.2 Å². The smallest absolute Gasteiger partial charge is 0.387 e. The normalized spacial score (nSPS) is 14.1. The summed E-state index contributed by atoms with van der Waals surface area (Å²) >= 11 is 6.22. The van der Waals surface area contributed by atoms with Crippen LogP contribution in [0.4, 0.5) is 14.5 Å². The number of piperidine rings is 1. The summed E-state index contributed by atoms with van der Waals surface area (Å²) in [6.45, 7) is 1.28. The Balaban J connectivity index is 1.37. The summed E-state index contributed by atoms with van der Waals surface area (Å²) in [7, 11) is 2.14. The van der Waals surface area contributed by atoms with Crippen molar-refractivity contribution >= 4 is 34.7 Å². The van der Waals surface area contributed by atoms with Crippen molar-refractivity contribution in [3.63, 3.8) is 0 Å². The molecule has 1 aliphatic rings. The number of rotatable bonds is 12. The molecule has 234 valence electrons. The molecule has 0 bridgehead atoms. The van der Waals surface area contributed by atoms with Crippen LogP contribution < -0.4 is 10.1 Å². The minimum Gasteiger partial charge on any atom is -0.434 e. The number of amides is 2. The monoisotopic (exact) mass is 628 g/mol. The third-order valence-electron chi connectivity index (χ3n) is 7.80. The van der Waals surface area contributed by atoms with Crippen LogP contribution in [0.15, 0.2) is 49.1 Å². The van der Waals surface area contributed by atoms with Crippen molar-refractivity contribution in [3.8, 4) is 17.0 Å². The summed E-state index contributed by atoms with van der Waals surface area (Å²) in [6.07, 6.45) is 11.4. The zero-order chi connectivity index (χ0) is 31.2. The Hall–Kier alpha value is -4.10. The van der Waals surface area contributed by atoms with E-state index in [4.69, 9.17) is 16.3 Å². The average molecular weight is 629 g/mol. The van der Waals surface area contributed by atoms with Crippen molar-refractivity contribution in [1.29, 1.82) is 0 Å². The Morgan fingerprint density at radius 3 is 2.77 bits per heavy atom. The van der Waals surface area contributed by atoms with Crippen LogP contribution in [0.5, 0.6) is 5.75 Å². The molecule has 14 heteroatoms. The number of hydrogen-bond donors (Lipinski definition) is 1. The highest BCUT2D eigenvalue weighted by molar-refractivity contribution is 6.31. The third-order valence-corrected chi connectivity index (χ3v) is 8.03. The van der Waals surface area contributed by atoms with Crippen LogP contribution in [0, 0.1) is 0 Å². The van der Waals surface area contributed by atoms with Crippen LogP contribution >= 0.6 is 11.6 Å². The number of carbonyl (C=O) groups is 2. The fourth-order valence-electron chi connectivity index (χ4n) is 5.44. The molecule has 3 aromatic heterocycles. The summed E-state index contributed by atoms with van der Waals surface area (Å²) in [5.74, 6) is -0.862. The fraction of sp³-hybridized carbons (Fsp3) is 0.433. The van der Waals surface area contributed by atoms with E-state index in [1.807, 2.05) is 4.90 Å². The van der Waals surface area contributed by atoms with Gasteiger partial charge in [-0.25, -0.2) is 9.50 Å². The molecule has 1 N–H and O–H groups in total. The number of halogens is 3. The van der Waals surface area contributed by atoms with Crippen LogP contribution in [-0.4, -0.2) is 85.3 Å². The first-order valence-corrected chi connectivity index (χ1v) is 15.0. The van der Waals surface area contributed by atoms with Crippen LogP contribution in [-0.2, 0) is 11.3 Å². The molecule has 0 radical (unpaired) electrons. The molecule has 1 aromatic carbocycles. The molecule has 4 aromatic rings. The number of nitrogens with zero attached hydrogens (tertiary/aromatic N) is 7. The zero-order valence-electron chi connectivity index (χ0n) is 24.6. The molecule has 0 saturated carbocycles. The van der Waals surface area contributed by atoms with Crippen molar-refractivity contribution in [2.24, 2.45) is 0 Å². The molecular formula is C30H35ClF2N8O3. The Morgan fingerprint density at radius 1 is 1.23 bits per heavy atom. The van der Waals surface area contributed by atoms with Gasteiger partial charge in [-0.2, -0.15) is 19.0 Å². The van der Waals surface area contributed by atoms with Crippen LogP contribution in [0.1, 0.15) is 49.4 Å². The van der Waals surface area contributed by atoms with E-state index < -0.39 is 12.5 Å². The number of unbranched alkanes of at least 4 members (excludes halogenated alkanes) is 2. The lowest BCUT2D eigenvalue weighted by Gasteiger charge is -2.36. The second kappa shape index (κ2) is 14.1. The number of fused-ring (bicyclic) bond motifs is 1. The second-order valence-electron chi connectivity index (χ2n) is 10.8. The van der Waals surface area contributed by atoms with E-state index >= 15 is 0 Å². The quantitative estimate of drug-likeness (QED) is 0.214. The largest absolute Gasteiger partial charge is 0.434 e. The average Bonchev–Trinajstić information content (AvgIpc) is 3.62. The molecule has 0 unspecified atom stereocenters. The van der Waals surface area contributed by atoms with Gasteiger partial charge in [0.1, 0.15) is 23.6 Å². The highest BCUT2D eigenvalue weighted by atomic mass is 35.5. The van der Waals surface area contributed by atoms with Gasteiger partial charge in [-0.1, -0.05) is 31.4 Å². The highest BCUT2D eigenvalue weighted by Crippen LogP contribution is 2.37. The number of anilines is 1. The van der Waals surface area contributed by atoms with Crippen LogP contribution in [0.3, 0.4) is 0 Å². The van der Waals surface area contributed by atoms with E-state index in [0.717, 1.165) is 25.8 Å². The van der Waals surface area contributed by atoms with E-state index in [-0.39, 0.29) is 45.7 Å². The van der Waals surface area contributed by atoms with Gasteiger partial charge in [-0.05, 0) is 57.1 Å². The first-order valence-electron chi connectivity index (χ1n) is 14.6. The van der Waals surface area contributed by atoms with E-state index in [2.05, 4.69) is 39.4 Å². The summed E-state index contributed by atoms with van der Waals surface area (Å²) in [5.41, 5.74) is 0.938. The first-order chi connectivity index (χ1) is 21.2. The topological polar surface area (TPSA) is 110 Å². The molecule has 5 rings (SSSR count). The lowest BCUT2D eigenvalue weighted by molar-refractivity contribution is -0.133. The Bertz CT molecular complexity index is 1600. The van der Waals surface area contributed by atoms with E-state index in [9.17, 15) is 18.4 Å². The third kappa shape index (κ3) is 7.33. The lowest BCUT2D eigenvalue weighted by Crippen LogP contribution is -2.46. The molecular weight excluding hydrogens is 594 g/mol. The van der Waals surface area contributed by atoms with Gasteiger partial charge in [0.05, 0.1) is 11.9 Å². The summed E-state index contributed by atoms with van der Waals surface area (Å²) in [4.78, 5) is 35.1. The maximum Gasteiger partial charge on any atom is 0.387 e. The molecule has 1 fully saturated rings. The Morgan fingerprint density at radius 2 is 2.02 bits per heavy atom. The van der Waals surface area contributed by atoms with Gasteiger partial charge in [-0.15, -0.1) is 0 Å². The van der Waals surface area contributed by atoms with Gasteiger partial charge in [0, 0.05) is 48.3 Å². The first kappa shape index (κ1) is 31.3. The summed E-state index contributed by atoms with van der Waals surface area (Å²) in [5, 5.41) is 11.7. The molecule has 2 amide bonds. The molecule has 1 saturated heterocycles. The lowest BCUT2D eigenvalue weighted by atomic mass is 10.0. The van der Waals surface area contributed by atoms with Gasteiger partial charge >= 0.3 is 6.61 Å². The summed E-state index contributed by atoms with van der Waals surface area (Å²) < 4.78 is 34.1. The maximum atomic E-state index is 13.4. The van der Waals surface area contributed by atoms with Gasteiger partial charge in [0.25, 0.3) is 5.91 Å². The number of alkyl halides is 2. The zero-order valence-corrected chi connectivity index (χ0v) is 25.4. The molecule has 0 spiro atoms. The number of nitrogens with one attached hydrogen (secondary N) is 1. The van der Waals surface area contributed by atoms with E-state index in [0.29, 0.717) is 24.8 Å². The predicted molar refractivity (Wildman–Crippen MR) is 162 cm³/mol.